The van der Waals surface area contributed by atoms with E-state index in [1.807, 2.05) is 19.1 Å². The molecule has 110 valence electrons. The van der Waals surface area contributed by atoms with Crippen molar-refractivity contribution >= 4 is 28.9 Å². The van der Waals surface area contributed by atoms with Crippen molar-refractivity contribution in [1.29, 1.82) is 0 Å². The topological polar surface area (TPSA) is 46.3 Å². The van der Waals surface area contributed by atoms with E-state index in [0.29, 0.717) is 23.5 Å². The van der Waals surface area contributed by atoms with Crippen molar-refractivity contribution in [3.05, 3.63) is 58.9 Å². The minimum absolute atomic E-state index is 0.0710. The Hall–Kier alpha value is -2.07. The van der Waals surface area contributed by atoms with Crippen molar-refractivity contribution in [2.45, 2.75) is 13.3 Å². The molecule has 2 N–H and O–H groups in total. The van der Waals surface area contributed by atoms with Crippen LogP contribution in [0.25, 0.3) is 0 Å². The highest BCUT2D eigenvalue weighted by Gasteiger charge is 2.19. The number of rotatable bonds is 4. The SMILES string of the molecule is CCCN(C(=O)c1ccc(F)c(Cl)c1)c1ccccc1N. The summed E-state index contributed by atoms with van der Waals surface area (Å²) in [7, 11) is 0. The highest BCUT2D eigenvalue weighted by atomic mass is 35.5. The number of carbonyl (C=O) groups is 1. The minimum Gasteiger partial charge on any atom is -0.397 e. The molecule has 0 spiro atoms. The molecule has 21 heavy (non-hydrogen) atoms. The van der Waals surface area contributed by atoms with Crippen LogP contribution in [0, 0.1) is 5.82 Å². The highest BCUT2D eigenvalue weighted by molar-refractivity contribution is 6.31. The monoisotopic (exact) mass is 306 g/mol. The van der Waals surface area contributed by atoms with Gasteiger partial charge in [-0.1, -0.05) is 30.7 Å². The Kier molecular flexibility index (Phi) is 4.81. The van der Waals surface area contributed by atoms with Crippen LogP contribution in [-0.4, -0.2) is 12.5 Å². The van der Waals surface area contributed by atoms with Crippen LogP contribution in [0.2, 0.25) is 5.02 Å². The molecule has 2 rings (SSSR count). The van der Waals surface area contributed by atoms with Gasteiger partial charge in [0.1, 0.15) is 5.82 Å². The standard InChI is InChI=1S/C16H16ClFN2O/c1-2-9-20(15-6-4-3-5-14(15)19)16(21)11-7-8-13(18)12(17)10-11/h3-8,10H,2,9,19H2,1H3. The molecule has 0 saturated carbocycles. The number of nitrogens with zero attached hydrogens (tertiary/aromatic N) is 1. The van der Waals surface area contributed by atoms with Crippen LogP contribution in [0.1, 0.15) is 23.7 Å². The average molecular weight is 307 g/mol. The predicted molar refractivity (Wildman–Crippen MR) is 84.2 cm³/mol. The van der Waals surface area contributed by atoms with E-state index in [1.165, 1.54) is 18.2 Å². The molecule has 0 bridgehead atoms. The van der Waals surface area contributed by atoms with Crippen molar-refractivity contribution in [3.8, 4) is 0 Å². The summed E-state index contributed by atoms with van der Waals surface area (Å²) in [6, 6.07) is 11.1. The smallest absolute Gasteiger partial charge is 0.258 e. The molecule has 0 aliphatic carbocycles. The largest absolute Gasteiger partial charge is 0.397 e. The zero-order chi connectivity index (χ0) is 15.4. The van der Waals surface area contributed by atoms with E-state index >= 15 is 0 Å². The Morgan fingerprint density at radius 2 is 2.00 bits per heavy atom. The van der Waals surface area contributed by atoms with E-state index in [0.717, 1.165) is 6.42 Å². The molecule has 0 unspecified atom stereocenters. The number of benzene rings is 2. The Morgan fingerprint density at radius 3 is 2.62 bits per heavy atom. The Morgan fingerprint density at radius 1 is 1.29 bits per heavy atom. The van der Waals surface area contributed by atoms with E-state index in [4.69, 9.17) is 17.3 Å². The molecular formula is C16H16ClFN2O. The van der Waals surface area contributed by atoms with E-state index in [9.17, 15) is 9.18 Å². The van der Waals surface area contributed by atoms with Crippen LogP contribution in [0.15, 0.2) is 42.5 Å². The summed E-state index contributed by atoms with van der Waals surface area (Å²) in [5.74, 6) is -0.800. The molecule has 2 aromatic rings. The molecule has 2 aromatic carbocycles. The summed E-state index contributed by atoms with van der Waals surface area (Å²) < 4.78 is 13.2. The Balaban J connectivity index is 2.40. The lowest BCUT2D eigenvalue weighted by Gasteiger charge is -2.24. The van der Waals surface area contributed by atoms with Crippen molar-refractivity contribution in [3.63, 3.8) is 0 Å². The molecule has 5 heteroatoms. The van der Waals surface area contributed by atoms with Gasteiger partial charge in [-0.2, -0.15) is 0 Å². The second-order valence-corrected chi connectivity index (χ2v) is 5.05. The first-order valence-electron chi connectivity index (χ1n) is 6.66. The van der Waals surface area contributed by atoms with Gasteiger partial charge in [0.05, 0.1) is 16.4 Å². The average Bonchev–Trinajstić information content (AvgIpc) is 2.48. The summed E-state index contributed by atoms with van der Waals surface area (Å²) in [5.41, 5.74) is 7.44. The van der Waals surface area contributed by atoms with Crippen molar-refractivity contribution in [2.24, 2.45) is 0 Å². The first kappa shape index (κ1) is 15.3. The van der Waals surface area contributed by atoms with E-state index < -0.39 is 5.82 Å². The van der Waals surface area contributed by atoms with Gasteiger partial charge in [-0.25, -0.2) is 4.39 Å². The summed E-state index contributed by atoms with van der Waals surface area (Å²) >= 11 is 5.75. The molecule has 0 aromatic heterocycles. The van der Waals surface area contributed by atoms with E-state index in [-0.39, 0.29) is 10.9 Å². The number of anilines is 2. The van der Waals surface area contributed by atoms with Gasteiger partial charge >= 0.3 is 0 Å². The zero-order valence-corrected chi connectivity index (χ0v) is 12.4. The third-order valence-corrected chi connectivity index (χ3v) is 3.38. The number of hydrogen-bond acceptors (Lipinski definition) is 2. The van der Waals surface area contributed by atoms with Gasteiger partial charge in [0.15, 0.2) is 0 Å². The molecule has 0 aliphatic rings. The molecule has 3 nitrogen and oxygen atoms in total. The number of para-hydroxylation sites is 2. The fraction of sp³-hybridized carbons (Fsp3) is 0.188. The van der Waals surface area contributed by atoms with Gasteiger partial charge in [0, 0.05) is 12.1 Å². The number of carbonyl (C=O) groups excluding carboxylic acids is 1. The van der Waals surface area contributed by atoms with Crippen LogP contribution in [0.3, 0.4) is 0 Å². The van der Waals surface area contributed by atoms with Crippen LogP contribution in [-0.2, 0) is 0 Å². The fourth-order valence-corrected chi connectivity index (χ4v) is 2.25. The van der Waals surface area contributed by atoms with Gasteiger partial charge in [-0.15, -0.1) is 0 Å². The summed E-state index contributed by atoms with van der Waals surface area (Å²) in [5, 5.41) is -0.0710. The molecule has 0 aliphatic heterocycles. The van der Waals surface area contributed by atoms with E-state index in [1.54, 1.807) is 17.0 Å². The maximum atomic E-state index is 13.2. The molecule has 0 radical (unpaired) electrons. The lowest BCUT2D eigenvalue weighted by Crippen LogP contribution is -2.32. The second kappa shape index (κ2) is 6.59. The van der Waals surface area contributed by atoms with Crippen molar-refractivity contribution in [2.75, 3.05) is 17.2 Å². The lowest BCUT2D eigenvalue weighted by molar-refractivity contribution is 0.0987. The van der Waals surface area contributed by atoms with Crippen LogP contribution >= 0.6 is 11.6 Å². The Labute approximate surface area is 128 Å². The number of nitrogen functional groups attached to an aromatic ring is 1. The van der Waals surface area contributed by atoms with Gasteiger partial charge in [-0.3, -0.25) is 4.79 Å². The minimum atomic E-state index is -0.547. The third-order valence-electron chi connectivity index (χ3n) is 3.09. The van der Waals surface area contributed by atoms with Gasteiger partial charge in [0.2, 0.25) is 0 Å². The van der Waals surface area contributed by atoms with Gasteiger partial charge in [0.25, 0.3) is 5.91 Å². The second-order valence-electron chi connectivity index (χ2n) is 4.64. The summed E-state index contributed by atoms with van der Waals surface area (Å²) in [6.07, 6.45) is 0.773. The first-order chi connectivity index (χ1) is 10.0. The highest BCUT2D eigenvalue weighted by Crippen LogP contribution is 2.25. The normalized spacial score (nSPS) is 10.4. The van der Waals surface area contributed by atoms with E-state index in [2.05, 4.69) is 0 Å². The summed E-state index contributed by atoms with van der Waals surface area (Å²) in [4.78, 5) is 14.2. The quantitative estimate of drug-likeness (QED) is 0.864. The molecule has 0 saturated heterocycles. The lowest BCUT2D eigenvalue weighted by atomic mass is 10.1. The molecule has 0 heterocycles. The molecule has 0 atom stereocenters. The number of amides is 1. The van der Waals surface area contributed by atoms with Gasteiger partial charge < -0.3 is 10.6 Å². The summed E-state index contributed by atoms with van der Waals surface area (Å²) in [6.45, 7) is 2.49. The first-order valence-corrected chi connectivity index (χ1v) is 7.03. The van der Waals surface area contributed by atoms with Crippen LogP contribution in [0.5, 0.6) is 0 Å². The maximum absolute atomic E-state index is 13.2. The number of nitrogens with two attached hydrogens (primary N) is 1. The van der Waals surface area contributed by atoms with Crippen molar-refractivity contribution in [1.82, 2.24) is 0 Å². The van der Waals surface area contributed by atoms with Gasteiger partial charge in [-0.05, 0) is 36.8 Å². The zero-order valence-electron chi connectivity index (χ0n) is 11.6. The van der Waals surface area contributed by atoms with Crippen molar-refractivity contribution < 1.29 is 9.18 Å². The Bertz CT molecular complexity index is 660. The van der Waals surface area contributed by atoms with Crippen LogP contribution in [0.4, 0.5) is 15.8 Å². The maximum Gasteiger partial charge on any atom is 0.258 e. The number of halogens is 2. The number of hydrogen-bond donors (Lipinski definition) is 1. The molecule has 1 amide bonds. The predicted octanol–water partition coefficient (Wildman–Crippen LogP) is 4.12. The molecular weight excluding hydrogens is 291 g/mol. The fourth-order valence-electron chi connectivity index (χ4n) is 2.07. The molecule has 0 fully saturated rings. The third kappa shape index (κ3) is 3.34. The van der Waals surface area contributed by atoms with Crippen LogP contribution < -0.4 is 10.6 Å².